The molecule has 9 heavy (non-hydrogen) atoms. The molecule has 4 heteroatoms. The monoisotopic (exact) mass is 276 g/mol. The van der Waals surface area contributed by atoms with Gasteiger partial charge in [0.25, 0.3) is 0 Å². The van der Waals surface area contributed by atoms with Crippen LogP contribution in [-0.2, 0) is 4.79 Å². The first kappa shape index (κ1) is 9.92. The van der Waals surface area contributed by atoms with Crippen LogP contribution in [0.4, 0.5) is 0 Å². The maximum absolute atomic E-state index is 10.4. The Kier molecular flexibility index (Phi) is 6.27. The molecule has 1 atom stereocenters. The molecule has 0 N–H and O–H groups in total. The van der Waals surface area contributed by atoms with Crippen molar-refractivity contribution in [1.82, 2.24) is 0 Å². The van der Waals surface area contributed by atoms with Crippen molar-refractivity contribution < 1.29 is 4.79 Å². The van der Waals surface area contributed by atoms with E-state index in [0.29, 0.717) is 0 Å². The molecule has 0 amide bonds. The molecule has 0 aromatic carbocycles. The maximum atomic E-state index is 10.4. The van der Waals surface area contributed by atoms with Gasteiger partial charge in [0.2, 0.25) is 5.24 Å². The van der Waals surface area contributed by atoms with Gasteiger partial charge in [-0.2, -0.15) is 0 Å². The van der Waals surface area contributed by atoms with Gasteiger partial charge >= 0.3 is 0 Å². The van der Waals surface area contributed by atoms with E-state index in [-0.39, 0.29) is 10.1 Å². The van der Waals surface area contributed by atoms with Gasteiger partial charge in [-0.05, 0) is 24.4 Å². The van der Waals surface area contributed by atoms with Gasteiger partial charge in [-0.15, -0.1) is 0 Å². The zero-order valence-electron chi connectivity index (χ0n) is 4.74. The second kappa shape index (κ2) is 5.69. The van der Waals surface area contributed by atoms with Gasteiger partial charge in [-0.25, -0.2) is 0 Å². The first-order chi connectivity index (χ1) is 4.18. The van der Waals surface area contributed by atoms with Crippen LogP contribution in [0.1, 0.15) is 12.8 Å². The third-order valence-electron chi connectivity index (χ3n) is 0.837. The van der Waals surface area contributed by atoms with Crippen LogP contribution in [0.5, 0.6) is 0 Å². The Hall–Kier alpha value is 0.920. The summed E-state index contributed by atoms with van der Waals surface area (Å²) >= 11 is 11.6. The van der Waals surface area contributed by atoms with Crippen LogP contribution >= 0.6 is 43.5 Å². The fraction of sp³-hybridized carbons (Fsp3) is 0.800. The third-order valence-corrected chi connectivity index (χ3v) is 2.80. The van der Waals surface area contributed by atoms with E-state index in [1.165, 1.54) is 0 Å². The van der Waals surface area contributed by atoms with Crippen molar-refractivity contribution in [2.24, 2.45) is 0 Å². The van der Waals surface area contributed by atoms with Crippen LogP contribution in [-0.4, -0.2) is 15.4 Å². The molecule has 0 aromatic heterocycles. The van der Waals surface area contributed by atoms with Crippen LogP contribution in [0.25, 0.3) is 0 Å². The lowest BCUT2D eigenvalue weighted by molar-refractivity contribution is -0.111. The zero-order valence-corrected chi connectivity index (χ0v) is 8.67. The topological polar surface area (TPSA) is 17.1 Å². The first-order valence-corrected chi connectivity index (χ1v) is 4.99. The van der Waals surface area contributed by atoms with Crippen LogP contribution in [0, 0.1) is 0 Å². The Balaban J connectivity index is 3.27. The Bertz CT molecular complexity index is 97.0. The highest BCUT2D eigenvalue weighted by molar-refractivity contribution is 9.10. The number of alkyl halides is 2. The average molecular weight is 278 g/mol. The molecule has 0 heterocycles. The third kappa shape index (κ3) is 5.37. The Morgan fingerprint density at radius 3 is 2.56 bits per heavy atom. The number of hydrogen-bond acceptors (Lipinski definition) is 1. The van der Waals surface area contributed by atoms with Gasteiger partial charge in [0, 0.05) is 5.33 Å². The van der Waals surface area contributed by atoms with Crippen molar-refractivity contribution in [3.05, 3.63) is 0 Å². The van der Waals surface area contributed by atoms with E-state index in [2.05, 4.69) is 31.9 Å². The summed E-state index contributed by atoms with van der Waals surface area (Å²) in [6.45, 7) is 0. The van der Waals surface area contributed by atoms with Gasteiger partial charge < -0.3 is 0 Å². The van der Waals surface area contributed by atoms with Gasteiger partial charge in [0.1, 0.15) is 0 Å². The van der Waals surface area contributed by atoms with Gasteiger partial charge in [-0.1, -0.05) is 31.9 Å². The molecule has 0 bridgehead atoms. The van der Waals surface area contributed by atoms with Crippen LogP contribution in [0.15, 0.2) is 0 Å². The van der Waals surface area contributed by atoms with Crippen molar-refractivity contribution in [1.29, 1.82) is 0 Å². The summed E-state index contributed by atoms with van der Waals surface area (Å²) in [6.07, 6.45) is 1.77. The number of hydrogen-bond donors (Lipinski definition) is 0. The lowest BCUT2D eigenvalue weighted by Gasteiger charge is -1.99. The average Bonchev–Trinajstić information content (AvgIpc) is 1.82. The number of rotatable bonds is 4. The molecule has 1 nitrogen and oxygen atoms in total. The minimum Gasteiger partial charge on any atom is -0.280 e. The second-order valence-corrected chi connectivity index (χ2v) is 3.87. The van der Waals surface area contributed by atoms with Gasteiger partial charge in [0.05, 0.1) is 4.83 Å². The molecule has 0 aliphatic heterocycles. The molecule has 0 unspecified atom stereocenters. The van der Waals surface area contributed by atoms with Crippen LogP contribution in [0.3, 0.4) is 0 Å². The van der Waals surface area contributed by atoms with E-state index < -0.39 is 0 Å². The SMILES string of the molecule is O=C(Cl)[C@@H](Br)CCCBr. The van der Waals surface area contributed by atoms with Gasteiger partial charge in [0.15, 0.2) is 0 Å². The van der Waals surface area contributed by atoms with Crippen LogP contribution < -0.4 is 0 Å². The molecule has 0 saturated carbocycles. The van der Waals surface area contributed by atoms with Crippen molar-refractivity contribution in [2.45, 2.75) is 17.7 Å². The second-order valence-electron chi connectivity index (χ2n) is 1.60. The number of carbonyl (C=O) groups is 1. The Morgan fingerprint density at radius 2 is 2.22 bits per heavy atom. The molecule has 54 valence electrons. The highest BCUT2D eigenvalue weighted by Crippen LogP contribution is 2.11. The molecule has 0 saturated heterocycles. The summed E-state index contributed by atoms with van der Waals surface area (Å²) in [4.78, 5) is 10.2. The smallest absolute Gasteiger partial charge is 0.235 e. The quantitative estimate of drug-likeness (QED) is 0.571. The number of halogens is 3. The summed E-state index contributed by atoms with van der Waals surface area (Å²) in [5.74, 6) is 0. The summed E-state index contributed by atoms with van der Waals surface area (Å²) in [5, 5.41) is 0.607. The molecular weight excluding hydrogens is 271 g/mol. The van der Waals surface area contributed by atoms with E-state index in [0.717, 1.165) is 18.2 Å². The van der Waals surface area contributed by atoms with E-state index in [4.69, 9.17) is 11.6 Å². The molecule has 0 aliphatic carbocycles. The van der Waals surface area contributed by atoms with E-state index in [1.807, 2.05) is 0 Å². The molecule has 0 radical (unpaired) electrons. The highest BCUT2D eigenvalue weighted by atomic mass is 79.9. The normalized spacial score (nSPS) is 13.2. The molecule has 0 rings (SSSR count). The zero-order chi connectivity index (χ0) is 7.28. The lowest BCUT2D eigenvalue weighted by Crippen LogP contribution is -2.06. The summed E-state index contributed by atoms with van der Waals surface area (Å²) in [7, 11) is 0. The predicted molar refractivity (Wildman–Crippen MR) is 46.6 cm³/mol. The Morgan fingerprint density at radius 1 is 1.67 bits per heavy atom. The predicted octanol–water partition coefficient (Wildman–Crippen LogP) is 2.69. The molecule has 0 aromatic rings. The summed E-state index contributed by atoms with van der Waals surface area (Å²) in [5.41, 5.74) is 0. The van der Waals surface area contributed by atoms with E-state index in [1.54, 1.807) is 0 Å². The van der Waals surface area contributed by atoms with Crippen molar-refractivity contribution >= 4 is 48.7 Å². The van der Waals surface area contributed by atoms with Crippen molar-refractivity contribution in [3.8, 4) is 0 Å². The summed E-state index contributed by atoms with van der Waals surface area (Å²) < 4.78 is 0. The first-order valence-electron chi connectivity index (χ1n) is 2.58. The lowest BCUT2D eigenvalue weighted by atomic mass is 10.3. The van der Waals surface area contributed by atoms with E-state index in [9.17, 15) is 4.79 Å². The molecule has 0 aliphatic rings. The summed E-state index contributed by atoms with van der Waals surface area (Å²) in [6, 6.07) is 0. The minimum atomic E-state index is -0.309. The maximum Gasteiger partial charge on any atom is 0.235 e. The van der Waals surface area contributed by atoms with Crippen LogP contribution in [0.2, 0.25) is 0 Å². The Labute approximate surface area is 76.4 Å². The molecule has 0 fully saturated rings. The standard InChI is InChI=1S/C5H7Br2ClO/c6-3-1-2-4(7)5(8)9/h4H,1-3H2/t4-/m0/s1. The fourth-order valence-electron chi connectivity index (χ4n) is 0.370. The highest BCUT2D eigenvalue weighted by Gasteiger charge is 2.09. The largest absolute Gasteiger partial charge is 0.280 e. The molecule has 0 spiro atoms. The van der Waals surface area contributed by atoms with Gasteiger partial charge in [-0.3, -0.25) is 4.79 Å². The minimum absolute atomic E-state index is 0.170. The van der Waals surface area contributed by atoms with E-state index >= 15 is 0 Å². The fourth-order valence-corrected chi connectivity index (χ4v) is 1.13. The van der Waals surface area contributed by atoms with Crippen molar-refractivity contribution in [2.75, 3.05) is 5.33 Å². The molecular formula is C5H7Br2ClO. The number of carbonyl (C=O) groups excluding carboxylic acids is 1. The van der Waals surface area contributed by atoms with Crippen molar-refractivity contribution in [3.63, 3.8) is 0 Å².